The lowest BCUT2D eigenvalue weighted by molar-refractivity contribution is 0.0614. The Bertz CT molecular complexity index is 1720. The van der Waals surface area contributed by atoms with Gasteiger partial charge in [0.05, 0.1) is 6.04 Å². The van der Waals surface area contributed by atoms with Crippen molar-refractivity contribution >= 4 is 22.3 Å². The lowest BCUT2D eigenvalue weighted by Gasteiger charge is -2.36. The predicted molar refractivity (Wildman–Crippen MR) is 158 cm³/mol. The standard InChI is InChI=1S/C33H35FN4O2/c1-21(2)30(37(17-9-16-35)32(39)24-15-14-22(3)28(34)19-24)29-27(18-23-10-5-4-6-11-23)33(40)38-20-25-12-7-8-13-26(25)31(38)36-29/h4-8,10-15,19-21,30,36H,9,16-18,35H2,1-3H3. The molecule has 2 aromatic heterocycles. The van der Waals surface area contributed by atoms with Gasteiger partial charge in [0, 0.05) is 46.8 Å². The van der Waals surface area contributed by atoms with Crippen molar-refractivity contribution in [3.63, 3.8) is 0 Å². The van der Waals surface area contributed by atoms with E-state index in [0.717, 1.165) is 16.3 Å². The van der Waals surface area contributed by atoms with Gasteiger partial charge in [0.1, 0.15) is 11.5 Å². The van der Waals surface area contributed by atoms with Gasteiger partial charge in [-0.05, 0) is 49.1 Å². The summed E-state index contributed by atoms with van der Waals surface area (Å²) in [7, 11) is 0. The molecule has 3 N–H and O–H groups in total. The first-order valence-electron chi connectivity index (χ1n) is 13.8. The van der Waals surface area contributed by atoms with Crippen LogP contribution in [0.1, 0.15) is 59.1 Å². The number of nitrogens with two attached hydrogens (primary N) is 1. The number of nitrogens with zero attached hydrogens (tertiary/aromatic N) is 2. The maximum atomic E-state index is 14.5. The van der Waals surface area contributed by atoms with Crippen LogP contribution in [0.3, 0.4) is 0 Å². The van der Waals surface area contributed by atoms with Crippen LogP contribution in [0.2, 0.25) is 0 Å². The van der Waals surface area contributed by atoms with Crippen molar-refractivity contribution < 1.29 is 9.18 Å². The van der Waals surface area contributed by atoms with Crippen LogP contribution in [0.25, 0.3) is 16.4 Å². The number of fused-ring (bicyclic) bond motifs is 3. The molecular weight excluding hydrogens is 503 g/mol. The number of aromatic amines is 1. The minimum Gasteiger partial charge on any atom is -0.342 e. The van der Waals surface area contributed by atoms with Crippen LogP contribution >= 0.6 is 0 Å². The van der Waals surface area contributed by atoms with E-state index in [1.807, 2.05) is 74.6 Å². The molecule has 0 aliphatic carbocycles. The molecule has 6 nitrogen and oxygen atoms in total. The van der Waals surface area contributed by atoms with Crippen molar-refractivity contribution in [1.29, 1.82) is 0 Å². The number of carbonyl (C=O) groups excluding carboxylic acids is 1. The molecule has 0 bridgehead atoms. The second kappa shape index (κ2) is 11.5. The summed E-state index contributed by atoms with van der Waals surface area (Å²) in [5.41, 5.74) is 9.49. The van der Waals surface area contributed by atoms with Gasteiger partial charge < -0.3 is 15.6 Å². The average Bonchev–Trinajstić information content (AvgIpc) is 3.33. The fourth-order valence-corrected chi connectivity index (χ4v) is 5.50. The predicted octanol–water partition coefficient (Wildman–Crippen LogP) is 6.01. The maximum Gasteiger partial charge on any atom is 0.261 e. The number of nitrogens with one attached hydrogen (secondary N) is 1. The molecule has 0 saturated carbocycles. The van der Waals surface area contributed by atoms with E-state index in [1.54, 1.807) is 28.4 Å². The number of H-pyrrole nitrogens is 1. The Hall–Kier alpha value is -4.23. The molecule has 0 radical (unpaired) electrons. The van der Waals surface area contributed by atoms with Gasteiger partial charge in [-0.1, -0.05) is 74.5 Å². The summed E-state index contributed by atoms with van der Waals surface area (Å²) in [5.74, 6) is -0.784. The van der Waals surface area contributed by atoms with Gasteiger partial charge in [-0.25, -0.2) is 4.39 Å². The molecule has 40 heavy (non-hydrogen) atoms. The Morgan fingerprint density at radius 2 is 1.77 bits per heavy atom. The van der Waals surface area contributed by atoms with Gasteiger partial charge in [-0.3, -0.25) is 14.0 Å². The van der Waals surface area contributed by atoms with Crippen molar-refractivity contribution in [1.82, 2.24) is 14.3 Å². The first-order valence-corrected chi connectivity index (χ1v) is 13.8. The Balaban J connectivity index is 1.75. The molecule has 206 valence electrons. The summed E-state index contributed by atoms with van der Waals surface area (Å²) >= 11 is 0. The SMILES string of the molecule is Cc1ccc(C(=O)N(CCCN)C(c2[nH]c3c4ccccc4cn3c(=O)c2Cc2ccccc2)C(C)C)cc1F. The minimum absolute atomic E-state index is 0.0640. The number of hydrogen-bond acceptors (Lipinski definition) is 3. The number of hydrogen-bond donors (Lipinski definition) is 2. The molecule has 5 aromatic rings. The number of aryl methyl sites for hydroxylation is 1. The molecule has 1 atom stereocenters. The van der Waals surface area contributed by atoms with Crippen molar-refractivity contribution in [3.8, 4) is 0 Å². The number of rotatable bonds is 9. The van der Waals surface area contributed by atoms with Crippen LogP contribution in [0.4, 0.5) is 4.39 Å². The van der Waals surface area contributed by atoms with Gasteiger partial charge in [-0.15, -0.1) is 0 Å². The zero-order chi connectivity index (χ0) is 28.4. The van der Waals surface area contributed by atoms with Crippen molar-refractivity contribution in [2.45, 2.75) is 39.7 Å². The number of benzene rings is 3. The third-order valence-electron chi connectivity index (χ3n) is 7.55. The highest BCUT2D eigenvalue weighted by Crippen LogP contribution is 2.33. The number of amides is 1. The fraction of sp³-hybridized carbons (Fsp3) is 0.273. The molecule has 1 unspecified atom stereocenters. The van der Waals surface area contributed by atoms with Crippen LogP contribution in [-0.4, -0.2) is 33.3 Å². The third kappa shape index (κ3) is 5.17. The number of halogens is 1. The Morgan fingerprint density at radius 1 is 1.05 bits per heavy atom. The third-order valence-corrected chi connectivity index (χ3v) is 7.55. The van der Waals surface area contributed by atoms with Gasteiger partial charge in [0.15, 0.2) is 0 Å². The molecule has 3 aromatic carbocycles. The molecule has 0 spiro atoms. The van der Waals surface area contributed by atoms with E-state index < -0.39 is 11.9 Å². The van der Waals surface area contributed by atoms with E-state index in [1.165, 1.54) is 6.07 Å². The summed E-state index contributed by atoms with van der Waals surface area (Å²) in [4.78, 5) is 33.6. The van der Waals surface area contributed by atoms with Crippen molar-refractivity contribution in [2.24, 2.45) is 11.7 Å². The molecule has 7 heteroatoms. The lowest BCUT2D eigenvalue weighted by Crippen LogP contribution is -2.41. The van der Waals surface area contributed by atoms with Crippen LogP contribution in [0, 0.1) is 18.7 Å². The minimum atomic E-state index is -0.478. The van der Waals surface area contributed by atoms with E-state index >= 15 is 0 Å². The summed E-state index contributed by atoms with van der Waals surface area (Å²) in [5, 5.41) is 1.88. The highest BCUT2D eigenvalue weighted by Gasteiger charge is 2.32. The first-order chi connectivity index (χ1) is 19.3. The summed E-state index contributed by atoms with van der Waals surface area (Å²) < 4.78 is 16.2. The normalized spacial score (nSPS) is 12.3. The Labute approximate surface area is 233 Å². The van der Waals surface area contributed by atoms with E-state index in [2.05, 4.69) is 4.98 Å². The molecule has 5 rings (SSSR count). The van der Waals surface area contributed by atoms with Gasteiger partial charge in [0.2, 0.25) is 0 Å². The maximum absolute atomic E-state index is 14.5. The molecule has 0 aliphatic rings. The molecular formula is C33H35FN4O2. The van der Waals surface area contributed by atoms with Gasteiger partial charge in [0.25, 0.3) is 11.5 Å². The lowest BCUT2D eigenvalue weighted by atomic mass is 9.92. The molecule has 0 saturated heterocycles. The summed E-state index contributed by atoms with van der Waals surface area (Å²) in [6.07, 6.45) is 2.83. The smallest absolute Gasteiger partial charge is 0.261 e. The summed E-state index contributed by atoms with van der Waals surface area (Å²) in [6, 6.07) is 21.8. The number of aromatic nitrogens is 2. The fourth-order valence-electron chi connectivity index (χ4n) is 5.50. The van der Waals surface area contributed by atoms with E-state index in [0.29, 0.717) is 48.4 Å². The van der Waals surface area contributed by atoms with Gasteiger partial charge >= 0.3 is 0 Å². The average molecular weight is 539 g/mol. The number of carbonyl (C=O) groups is 1. The van der Waals surface area contributed by atoms with Crippen molar-refractivity contribution in [2.75, 3.05) is 13.1 Å². The summed E-state index contributed by atoms with van der Waals surface area (Å²) in [6.45, 7) is 6.51. The van der Waals surface area contributed by atoms with E-state index in [-0.39, 0.29) is 22.9 Å². The van der Waals surface area contributed by atoms with Crippen LogP contribution in [0.15, 0.2) is 83.8 Å². The monoisotopic (exact) mass is 538 g/mol. The van der Waals surface area contributed by atoms with Crippen LogP contribution in [0.5, 0.6) is 0 Å². The molecule has 0 aliphatic heterocycles. The van der Waals surface area contributed by atoms with E-state index in [4.69, 9.17) is 5.73 Å². The molecule has 0 fully saturated rings. The Morgan fingerprint density at radius 3 is 2.48 bits per heavy atom. The molecule has 2 heterocycles. The van der Waals surface area contributed by atoms with Crippen LogP contribution in [-0.2, 0) is 6.42 Å². The second-order valence-corrected chi connectivity index (χ2v) is 10.7. The first kappa shape index (κ1) is 27.3. The van der Waals surface area contributed by atoms with E-state index in [9.17, 15) is 14.0 Å². The quantitative estimate of drug-likeness (QED) is 0.241. The Kier molecular flexibility index (Phi) is 7.85. The second-order valence-electron chi connectivity index (χ2n) is 10.7. The van der Waals surface area contributed by atoms with Crippen LogP contribution < -0.4 is 11.3 Å². The zero-order valence-electron chi connectivity index (χ0n) is 23.2. The highest BCUT2D eigenvalue weighted by atomic mass is 19.1. The molecule has 1 amide bonds. The highest BCUT2D eigenvalue weighted by molar-refractivity contribution is 5.96. The topological polar surface area (TPSA) is 83.6 Å². The van der Waals surface area contributed by atoms with Crippen molar-refractivity contribution in [3.05, 3.63) is 123 Å². The van der Waals surface area contributed by atoms with Gasteiger partial charge in [-0.2, -0.15) is 0 Å². The largest absolute Gasteiger partial charge is 0.342 e. The zero-order valence-corrected chi connectivity index (χ0v) is 23.2.